The van der Waals surface area contributed by atoms with Crippen molar-refractivity contribution in [2.24, 2.45) is 0 Å². The fourth-order valence-corrected chi connectivity index (χ4v) is 2.52. The van der Waals surface area contributed by atoms with Crippen LogP contribution in [-0.4, -0.2) is 29.4 Å². The van der Waals surface area contributed by atoms with E-state index >= 15 is 0 Å². The third-order valence-electron chi connectivity index (χ3n) is 3.88. The predicted molar refractivity (Wildman–Crippen MR) is 93.5 cm³/mol. The van der Waals surface area contributed by atoms with E-state index in [1.807, 2.05) is 18.2 Å². The lowest BCUT2D eigenvalue weighted by atomic mass is 10.1. The van der Waals surface area contributed by atoms with Crippen molar-refractivity contribution < 1.29 is 19.4 Å². The quantitative estimate of drug-likeness (QED) is 0.598. The normalized spacial score (nSPS) is 10.2. The molecule has 0 fully saturated rings. The van der Waals surface area contributed by atoms with E-state index in [0.717, 1.165) is 17.7 Å². The fraction of sp³-hybridized carbons (Fsp3) is 0.235. The summed E-state index contributed by atoms with van der Waals surface area (Å²) >= 11 is 0. The van der Waals surface area contributed by atoms with Gasteiger partial charge in [-0.2, -0.15) is 0 Å². The molecule has 0 spiro atoms. The number of carbonyl (C=O) groups excluding carboxylic acids is 1. The average molecular weight is 359 g/mol. The zero-order valence-corrected chi connectivity index (χ0v) is 14.2. The van der Waals surface area contributed by atoms with Crippen molar-refractivity contribution in [3.63, 3.8) is 0 Å². The van der Waals surface area contributed by atoms with E-state index in [1.165, 1.54) is 6.92 Å². The van der Waals surface area contributed by atoms with Gasteiger partial charge in [-0.05, 0) is 25.0 Å². The van der Waals surface area contributed by atoms with Crippen molar-refractivity contribution in [3.8, 4) is 5.75 Å². The van der Waals surface area contributed by atoms with Crippen LogP contribution in [0.5, 0.6) is 5.75 Å². The van der Waals surface area contributed by atoms with Gasteiger partial charge in [0.2, 0.25) is 0 Å². The van der Waals surface area contributed by atoms with E-state index in [1.54, 1.807) is 13.2 Å². The number of amides is 1. The van der Waals surface area contributed by atoms with Crippen LogP contribution in [0.2, 0.25) is 0 Å². The molecule has 0 saturated heterocycles. The lowest BCUT2D eigenvalue weighted by Gasteiger charge is -2.09. The number of nitrogens with one attached hydrogen (secondary N) is 1. The van der Waals surface area contributed by atoms with Crippen molar-refractivity contribution in [1.82, 2.24) is 5.32 Å². The number of carbonyl (C=O) groups is 1. The Morgan fingerprint density at radius 1 is 1.12 bits per heavy atom. The van der Waals surface area contributed by atoms with E-state index in [9.17, 15) is 25.0 Å². The second kappa shape index (κ2) is 8.06. The molecule has 1 amide bonds. The molecular weight excluding hydrogens is 342 g/mol. The molecule has 2 rings (SSSR count). The van der Waals surface area contributed by atoms with Gasteiger partial charge in [0.05, 0.1) is 22.5 Å². The van der Waals surface area contributed by atoms with Gasteiger partial charge in [0.15, 0.2) is 0 Å². The van der Waals surface area contributed by atoms with E-state index in [0.29, 0.717) is 12.2 Å². The number of ether oxygens (including phenoxy) is 1. The Morgan fingerprint density at radius 3 is 2.23 bits per heavy atom. The van der Waals surface area contributed by atoms with Crippen molar-refractivity contribution in [2.45, 2.75) is 13.3 Å². The summed E-state index contributed by atoms with van der Waals surface area (Å²) in [6.45, 7) is 1.52. The summed E-state index contributed by atoms with van der Waals surface area (Å²) in [6.07, 6.45) is 0.478. The summed E-state index contributed by atoms with van der Waals surface area (Å²) in [6, 6.07) is 9.40. The Hall–Kier alpha value is -3.49. The second-order valence-electron chi connectivity index (χ2n) is 5.47. The Bertz CT molecular complexity index is 830. The first-order chi connectivity index (χ1) is 12.3. The van der Waals surface area contributed by atoms with E-state index < -0.39 is 27.1 Å². The van der Waals surface area contributed by atoms with Crippen LogP contribution in [-0.2, 0) is 6.42 Å². The summed E-state index contributed by atoms with van der Waals surface area (Å²) < 4.78 is 5.22. The topological polar surface area (TPSA) is 125 Å². The minimum Gasteiger partial charge on any atom is -0.496 e. The summed E-state index contributed by atoms with van der Waals surface area (Å²) in [7, 11) is 1.54. The molecule has 136 valence electrons. The Balaban J connectivity index is 2.16. The molecule has 0 unspecified atom stereocenters. The monoisotopic (exact) mass is 359 g/mol. The van der Waals surface area contributed by atoms with Crippen LogP contribution in [0, 0.1) is 27.2 Å². The maximum Gasteiger partial charge on any atom is 0.279 e. The van der Waals surface area contributed by atoms with Crippen LogP contribution in [0.25, 0.3) is 0 Å². The molecule has 2 aromatic carbocycles. The van der Waals surface area contributed by atoms with Gasteiger partial charge in [-0.25, -0.2) is 0 Å². The molecule has 0 aliphatic heterocycles. The molecular formula is C17H17N3O6. The highest BCUT2D eigenvalue weighted by molar-refractivity contribution is 5.96. The smallest absolute Gasteiger partial charge is 0.279 e. The standard InChI is InChI=1S/C17H17N3O6/c1-11-14(19(22)23)9-13(10-15(11)20(24)25)17(21)18-8-7-12-5-3-4-6-16(12)26-2/h3-6,9-10H,7-8H2,1-2H3,(H,18,21). The molecule has 26 heavy (non-hydrogen) atoms. The number of benzene rings is 2. The van der Waals surface area contributed by atoms with Crippen LogP contribution in [0.1, 0.15) is 21.5 Å². The van der Waals surface area contributed by atoms with Crippen LogP contribution in [0.3, 0.4) is 0 Å². The van der Waals surface area contributed by atoms with E-state index in [4.69, 9.17) is 4.74 Å². The van der Waals surface area contributed by atoms with Crippen LogP contribution in [0.15, 0.2) is 36.4 Å². The minimum absolute atomic E-state index is 0.0921. The lowest BCUT2D eigenvalue weighted by Crippen LogP contribution is -2.26. The number of hydrogen-bond donors (Lipinski definition) is 1. The highest BCUT2D eigenvalue weighted by Crippen LogP contribution is 2.29. The summed E-state index contributed by atoms with van der Waals surface area (Å²) in [5, 5.41) is 24.8. The van der Waals surface area contributed by atoms with Crippen molar-refractivity contribution in [1.29, 1.82) is 0 Å². The van der Waals surface area contributed by atoms with Crippen molar-refractivity contribution >= 4 is 17.3 Å². The molecule has 9 nitrogen and oxygen atoms in total. The van der Waals surface area contributed by atoms with Crippen molar-refractivity contribution in [2.75, 3.05) is 13.7 Å². The van der Waals surface area contributed by atoms with Gasteiger partial charge in [0.1, 0.15) is 11.3 Å². The number of rotatable bonds is 7. The molecule has 0 radical (unpaired) electrons. The van der Waals surface area contributed by atoms with Crippen LogP contribution in [0.4, 0.5) is 11.4 Å². The minimum atomic E-state index is -0.742. The van der Waals surface area contributed by atoms with Gasteiger partial charge >= 0.3 is 0 Å². The average Bonchev–Trinajstić information content (AvgIpc) is 2.61. The molecule has 0 aliphatic carbocycles. The zero-order chi connectivity index (χ0) is 19.3. The molecule has 9 heteroatoms. The van der Waals surface area contributed by atoms with Gasteiger partial charge in [0.25, 0.3) is 17.3 Å². The third-order valence-corrected chi connectivity index (χ3v) is 3.88. The summed E-state index contributed by atoms with van der Waals surface area (Å²) in [5.41, 5.74) is -0.265. The van der Waals surface area contributed by atoms with Gasteiger partial charge in [-0.1, -0.05) is 18.2 Å². The predicted octanol–water partition coefficient (Wildman–Crippen LogP) is 2.79. The van der Waals surface area contributed by atoms with Crippen molar-refractivity contribution in [3.05, 3.63) is 73.3 Å². The first kappa shape index (κ1) is 18.8. The van der Waals surface area contributed by atoms with Gasteiger partial charge in [-0.15, -0.1) is 0 Å². The highest BCUT2D eigenvalue weighted by atomic mass is 16.6. The Kier molecular flexibility index (Phi) is 5.84. The zero-order valence-electron chi connectivity index (χ0n) is 14.2. The van der Waals surface area contributed by atoms with Gasteiger partial charge in [0, 0.05) is 18.7 Å². The van der Waals surface area contributed by atoms with Crippen LogP contribution < -0.4 is 10.1 Å². The van der Waals surface area contributed by atoms with E-state index in [-0.39, 0.29) is 17.7 Å². The summed E-state index contributed by atoms with van der Waals surface area (Å²) in [4.78, 5) is 32.9. The number of nitro groups is 2. The Morgan fingerprint density at radius 2 is 1.69 bits per heavy atom. The number of hydrogen-bond acceptors (Lipinski definition) is 6. The highest BCUT2D eigenvalue weighted by Gasteiger charge is 2.25. The first-order valence-corrected chi connectivity index (χ1v) is 7.68. The Labute approximate surface area is 148 Å². The number of para-hydroxylation sites is 1. The largest absolute Gasteiger partial charge is 0.496 e. The van der Waals surface area contributed by atoms with Crippen LogP contribution >= 0.6 is 0 Å². The number of nitrogens with zero attached hydrogens (tertiary/aromatic N) is 2. The van der Waals surface area contributed by atoms with Gasteiger partial charge < -0.3 is 10.1 Å². The molecule has 0 saturated carbocycles. The molecule has 0 aliphatic rings. The molecule has 0 bridgehead atoms. The third kappa shape index (κ3) is 4.12. The maximum atomic E-state index is 12.3. The maximum absolute atomic E-state index is 12.3. The molecule has 2 aromatic rings. The molecule has 1 N–H and O–H groups in total. The number of methoxy groups -OCH3 is 1. The lowest BCUT2D eigenvalue weighted by molar-refractivity contribution is -0.395. The van der Waals surface area contributed by atoms with Gasteiger partial charge in [-0.3, -0.25) is 25.0 Å². The number of nitro benzene ring substituents is 2. The van der Waals surface area contributed by atoms with E-state index in [2.05, 4.69) is 5.32 Å². The SMILES string of the molecule is COc1ccccc1CCNC(=O)c1cc([N+](=O)[O-])c(C)c([N+](=O)[O-])c1. The molecule has 0 heterocycles. The summed E-state index contributed by atoms with van der Waals surface area (Å²) in [5.74, 6) is 0.0643. The molecule has 0 atom stereocenters. The second-order valence-corrected chi connectivity index (χ2v) is 5.47. The molecule has 0 aromatic heterocycles. The first-order valence-electron chi connectivity index (χ1n) is 7.68. The fourth-order valence-electron chi connectivity index (χ4n) is 2.52.